The maximum absolute atomic E-state index is 12.6. The van der Waals surface area contributed by atoms with Crippen molar-refractivity contribution in [1.29, 1.82) is 0 Å². The zero-order chi connectivity index (χ0) is 19.7. The van der Waals surface area contributed by atoms with Crippen molar-refractivity contribution in [2.75, 3.05) is 46.9 Å². The molecule has 0 atom stereocenters. The van der Waals surface area contributed by atoms with Crippen molar-refractivity contribution in [1.82, 2.24) is 13.3 Å². The Morgan fingerprint density at radius 2 is 1.70 bits per heavy atom. The number of sulfonamides is 1. The molecule has 0 radical (unpaired) electrons. The average molecular weight is 420 g/mol. The van der Waals surface area contributed by atoms with Gasteiger partial charge in [-0.1, -0.05) is 0 Å². The van der Waals surface area contributed by atoms with Gasteiger partial charge in [0.05, 0.1) is 4.90 Å². The fraction of sp³-hybridized carbons (Fsp3) is 0.625. The number of ether oxygens (including phenoxy) is 2. The van der Waals surface area contributed by atoms with E-state index in [-0.39, 0.29) is 17.4 Å². The summed E-state index contributed by atoms with van der Waals surface area (Å²) in [4.78, 5) is 0.124. The Morgan fingerprint density at radius 3 is 2.33 bits per heavy atom. The first-order valence-corrected chi connectivity index (χ1v) is 11.6. The number of hydrogen-bond donors (Lipinski definition) is 1. The van der Waals surface area contributed by atoms with E-state index in [0.717, 1.165) is 0 Å². The Morgan fingerprint density at radius 1 is 1.07 bits per heavy atom. The summed E-state index contributed by atoms with van der Waals surface area (Å²) < 4.78 is 65.4. The van der Waals surface area contributed by atoms with Gasteiger partial charge >= 0.3 is 0 Å². The predicted octanol–water partition coefficient (Wildman–Crippen LogP) is 0.255. The van der Waals surface area contributed by atoms with E-state index in [1.807, 2.05) is 0 Å². The SMILES string of the molecule is CN(C)S(=O)(=O)N1CCC(CNS(=O)(=O)c2ccc3c(c2)OCCO3)CC1. The fourth-order valence-corrected chi connectivity index (χ4v) is 5.34. The van der Waals surface area contributed by atoms with Crippen molar-refractivity contribution < 1.29 is 26.3 Å². The van der Waals surface area contributed by atoms with Crippen LogP contribution in [0.2, 0.25) is 0 Å². The van der Waals surface area contributed by atoms with E-state index in [2.05, 4.69) is 4.72 Å². The largest absolute Gasteiger partial charge is 0.486 e. The van der Waals surface area contributed by atoms with Gasteiger partial charge in [0.25, 0.3) is 10.2 Å². The normalized spacial score (nSPS) is 19.4. The van der Waals surface area contributed by atoms with E-state index in [1.165, 1.54) is 34.8 Å². The van der Waals surface area contributed by atoms with Crippen molar-refractivity contribution in [2.45, 2.75) is 17.7 Å². The van der Waals surface area contributed by atoms with Crippen molar-refractivity contribution in [3.05, 3.63) is 18.2 Å². The minimum atomic E-state index is -3.67. The molecule has 3 rings (SSSR count). The van der Waals surface area contributed by atoms with Crippen LogP contribution in [0.5, 0.6) is 11.5 Å². The van der Waals surface area contributed by atoms with Crippen LogP contribution in [-0.2, 0) is 20.2 Å². The molecule has 0 aromatic heterocycles. The maximum Gasteiger partial charge on any atom is 0.281 e. The summed E-state index contributed by atoms with van der Waals surface area (Å²) in [6.45, 7) is 1.87. The van der Waals surface area contributed by atoms with Crippen LogP contribution in [0.4, 0.5) is 0 Å². The third kappa shape index (κ3) is 4.54. The van der Waals surface area contributed by atoms with Crippen LogP contribution in [0.1, 0.15) is 12.8 Å². The number of hydrogen-bond acceptors (Lipinski definition) is 6. The Hall–Kier alpha value is -1.40. The van der Waals surface area contributed by atoms with E-state index < -0.39 is 20.2 Å². The number of piperidine rings is 1. The first-order chi connectivity index (χ1) is 12.7. The van der Waals surface area contributed by atoms with Crippen LogP contribution in [0, 0.1) is 5.92 Å². The number of nitrogens with zero attached hydrogens (tertiary/aromatic N) is 2. The van der Waals surface area contributed by atoms with Crippen LogP contribution in [-0.4, -0.2) is 72.4 Å². The van der Waals surface area contributed by atoms with Gasteiger partial charge in [0, 0.05) is 39.8 Å². The monoisotopic (exact) mass is 419 g/mol. The number of benzene rings is 1. The zero-order valence-electron chi connectivity index (χ0n) is 15.4. The molecule has 152 valence electrons. The van der Waals surface area contributed by atoms with Crippen LogP contribution in [0.3, 0.4) is 0 Å². The quantitative estimate of drug-likeness (QED) is 0.709. The van der Waals surface area contributed by atoms with E-state index in [4.69, 9.17) is 9.47 Å². The zero-order valence-corrected chi connectivity index (χ0v) is 17.1. The van der Waals surface area contributed by atoms with Crippen molar-refractivity contribution in [3.63, 3.8) is 0 Å². The molecule has 2 heterocycles. The summed E-state index contributed by atoms with van der Waals surface area (Å²) in [5, 5.41) is 0. The lowest BCUT2D eigenvalue weighted by Crippen LogP contribution is -2.45. The van der Waals surface area contributed by atoms with Gasteiger partial charge < -0.3 is 9.47 Å². The van der Waals surface area contributed by atoms with E-state index >= 15 is 0 Å². The molecule has 0 bridgehead atoms. The molecule has 0 saturated carbocycles. The Kier molecular flexibility index (Phi) is 5.96. The predicted molar refractivity (Wildman–Crippen MR) is 99.5 cm³/mol. The molecule has 1 aromatic rings. The highest BCUT2D eigenvalue weighted by molar-refractivity contribution is 7.89. The van der Waals surface area contributed by atoms with Crippen molar-refractivity contribution in [3.8, 4) is 11.5 Å². The third-order valence-corrected chi connectivity index (χ3v) is 8.11. The summed E-state index contributed by atoms with van der Waals surface area (Å²) in [6, 6.07) is 4.54. The molecule has 1 saturated heterocycles. The molecule has 0 aliphatic carbocycles. The molecule has 1 aromatic carbocycles. The topological polar surface area (TPSA) is 105 Å². The van der Waals surface area contributed by atoms with Crippen molar-refractivity contribution >= 4 is 20.2 Å². The van der Waals surface area contributed by atoms with Gasteiger partial charge in [0.15, 0.2) is 11.5 Å². The van der Waals surface area contributed by atoms with Gasteiger partial charge in [-0.25, -0.2) is 13.1 Å². The molecule has 1 N–H and O–H groups in total. The molecule has 0 unspecified atom stereocenters. The summed E-state index contributed by atoms with van der Waals surface area (Å²) in [5.74, 6) is 1.05. The van der Waals surface area contributed by atoms with Crippen LogP contribution < -0.4 is 14.2 Å². The number of nitrogens with one attached hydrogen (secondary N) is 1. The summed E-state index contributed by atoms with van der Waals surface area (Å²) in [7, 11) is -4.08. The lowest BCUT2D eigenvalue weighted by Gasteiger charge is -2.32. The second-order valence-corrected chi connectivity index (χ2v) is 10.7. The molecule has 1 fully saturated rings. The average Bonchev–Trinajstić information content (AvgIpc) is 2.66. The molecule has 2 aliphatic rings. The standard InChI is InChI=1S/C16H25N3O6S2/c1-18(2)27(22,23)19-7-5-13(6-8-19)12-17-26(20,21)14-3-4-15-16(11-14)25-10-9-24-15/h3-4,11,13,17H,5-10,12H2,1-2H3. The third-order valence-electron chi connectivity index (χ3n) is 4.75. The second kappa shape index (κ2) is 7.92. The molecule has 2 aliphatic heterocycles. The smallest absolute Gasteiger partial charge is 0.281 e. The highest BCUT2D eigenvalue weighted by Crippen LogP contribution is 2.32. The molecule has 11 heteroatoms. The summed E-state index contributed by atoms with van der Waals surface area (Å²) in [6.07, 6.45) is 1.22. The highest BCUT2D eigenvalue weighted by atomic mass is 32.2. The second-order valence-electron chi connectivity index (χ2n) is 6.79. The summed E-state index contributed by atoms with van der Waals surface area (Å²) in [5.41, 5.74) is 0. The molecular formula is C16H25N3O6S2. The van der Waals surface area contributed by atoms with Crippen LogP contribution in [0.25, 0.3) is 0 Å². The minimum absolute atomic E-state index is 0.0885. The van der Waals surface area contributed by atoms with Crippen LogP contribution >= 0.6 is 0 Å². The van der Waals surface area contributed by atoms with Gasteiger partial charge in [0.1, 0.15) is 13.2 Å². The number of rotatable bonds is 6. The fourth-order valence-electron chi connectivity index (χ4n) is 3.08. The molecular weight excluding hydrogens is 394 g/mol. The van der Waals surface area contributed by atoms with Gasteiger partial charge in [-0.05, 0) is 30.9 Å². The summed E-state index contributed by atoms with van der Waals surface area (Å²) >= 11 is 0. The minimum Gasteiger partial charge on any atom is -0.486 e. The van der Waals surface area contributed by atoms with Gasteiger partial charge in [-0.3, -0.25) is 0 Å². The van der Waals surface area contributed by atoms with Gasteiger partial charge in [-0.15, -0.1) is 0 Å². The lowest BCUT2D eigenvalue weighted by molar-refractivity contribution is 0.171. The van der Waals surface area contributed by atoms with Crippen LogP contribution in [0.15, 0.2) is 23.1 Å². The van der Waals surface area contributed by atoms with Crippen molar-refractivity contribution in [2.24, 2.45) is 5.92 Å². The van der Waals surface area contributed by atoms with E-state index in [0.29, 0.717) is 50.6 Å². The molecule has 0 spiro atoms. The Labute approximate surface area is 160 Å². The lowest BCUT2D eigenvalue weighted by atomic mass is 9.99. The Bertz CT molecular complexity index is 877. The first-order valence-electron chi connectivity index (χ1n) is 8.77. The number of fused-ring (bicyclic) bond motifs is 1. The Balaban J connectivity index is 1.57. The molecule has 27 heavy (non-hydrogen) atoms. The molecule has 0 amide bonds. The van der Waals surface area contributed by atoms with E-state index in [9.17, 15) is 16.8 Å². The van der Waals surface area contributed by atoms with Gasteiger partial charge in [0.2, 0.25) is 10.0 Å². The maximum atomic E-state index is 12.6. The van der Waals surface area contributed by atoms with Gasteiger partial charge in [-0.2, -0.15) is 17.0 Å². The highest BCUT2D eigenvalue weighted by Gasteiger charge is 2.30. The van der Waals surface area contributed by atoms with E-state index in [1.54, 1.807) is 6.07 Å². The first kappa shape index (κ1) is 20.3. The molecule has 9 nitrogen and oxygen atoms in total.